The van der Waals surface area contributed by atoms with Gasteiger partial charge in [-0.3, -0.25) is 4.79 Å². The van der Waals surface area contributed by atoms with Crippen molar-refractivity contribution < 1.29 is 13.2 Å². The van der Waals surface area contributed by atoms with Crippen LogP contribution >= 0.6 is 0 Å². The Morgan fingerprint density at radius 1 is 1.23 bits per heavy atom. The van der Waals surface area contributed by atoms with Gasteiger partial charge < -0.3 is 5.32 Å². The van der Waals surface area contributed by atoms with Crippen LogP contribution in [0, 0.1) is 5.92 Å². The largest absolute Gasteiger partial charge is 0.326 e. The summed E-state index contributed by atoms with van der Waals surface area (Å²) in [4.78, 5) is 11.9. The van der Waals surface area contributed by atoms with Gasteiger partial charge in [-0.25, -0.2) is 8.42 Å². The van der Waals surface area contributed by atoms with E-state index in [0.717, 1.165) is 19.3 Å². The van der Waals surface area contributed by atoms with Gasteiger partial charge in [-0.2, -0.15) is 4.31 Å². The average molecular weight is 324 g/mol. The van der Waals surface area contributed by atoms with Crippen LogP contribution in [0.5, 0.6) is 0 Å². The number of rotatable bonds is 4. The minimum Gasteiger partial charge on any atom is -0.326 e. The molecule has 1 N–H and O–H groups in total. The van der Waals surface area contributed by atoms with Gasteiger partial charge in [-0.1, -0.05) is 20.3 Å². The fraction of sp³-hybridized carbons (Fsp3) is 0.562. The van der Waals surface area contributed by atoms with Gasteiger partial charge in [0.15, 0.2) is 0 Å². The molecule has 0 bridgehead atoms. The van der Waals surface area contributed by atoms with Crippen LogP contribution in [0.4, 0.5) is 5.69 Å². The van der Waals surface area contributed by atoms with E-state index in [9.17, 15) is 13.2 Å². The van der Waals surface area contributed by atoms with Gasteiger partial charge in [0, 0.05) is 24.2 Å². The van der Waals surface area contributed by atoms with E-state index < -0.39 is 10.0 Å². The number of sulfonamides is 1. The molecule has 5 nitrogen and oxygen atoms in total. The number of piperidine rings is 1. The summed E-state index contributed by atoms with van der Waals surface area (Å²) >= 11 is 0. The van der Waals surface area contributed by atoms with Crippen LogP contribution in [0.25, 0.3) is 0 Å². The van der Waals surface area contributed by atoms with Crippen LogP contribution in [0.1, 0.15) is 40.0 Å². The normalized spacial score (nSPS) is 20.1. The second-order valence-corrected chi connectivity index (χ2v) is 8.02. The van der Waals surface area contributed by atoms with E-state index >= 15 is 0 Å². The Bertz CT molecular complexity index is 623. The van der Waals surface area contributed by atoms with E-state index in [4.69, 9.17) is 0 Å². The smallest absolute Gasteiger partial charge is 0.243 e. The minimum absolute atomic E-state index is 0.0408. The van der Waals surface area contributed by atoms with Crippen molar-refractivity contribution in [3.05, 3.63) is 24.3 Å². The Balaban J connectivity index is 2.17. The van der Waals surface area contributed by atoms with Gasteiger partial charge in [0.25, 0.3) is 0 Å². The van der Waals surface area contributed by atoms with E-state index in [1.54, 1.807) is 28.6 Å². The maximum atomic E-state index is 12.7. The van der Waals surface area contributed by atoms with Crippen LogP contribution in [-0.4, -0.2) is 31.2 Å². The molecule has 1 atom stereocenters. The highest BCUT2D eigenvalue weighted by Crippen LogP contribution is 2.25. The summed E-state index contributed by atoms with van der Waals surface area (Å²) in [5, 5.41) is 2.76. The molecule has 1 aliphatic heterocycles. The van der Waals surface area contributed by atoms with Crippen molar-refractivity contribution in [2.45, 2.75) is 51.0 Å². The van der Waals surface area contributed by atoms with Crippen molar-refractivity contribution in [3.8, 4) is 0 Å². The maximum Gasteiger partial charge on any atom is 0.243 e. The molecule has 1 saturated heterocycles. The zero-order valence-electron chi connectivity index (χ0n) is 13.4. The molecule has 1 heterocycles. The Morgan fingerprint density at radius 3 is 2.41 bits per heavy atom. The fourth-order valence-corrected chi connectivity index (χ4v) is 4.26. The van der Waals surface area contributed by atoms with E-state index in [0.29, 0.717) is 12.2 Å². The van der Waals surface area contributed by atoms with Gasteiger partial charge >= 0.3 is 0 Å². The van der Waals surface area contributed by atoms with Crippen molar-refractivity contribution in [3.63, 3.8) is 0 Å². The summed E-state index contributed by atoms with van der Waals surface area (Å²) in [5.74, 6) is -0.196. The maximum absolute atomic E-state index is 12.7. The average Bonchev–Trinajstić information content (AvgIpc) is 2.48. The van der Waals surface area contributed by atoms with Crippen LogP contribution in [0.3, 0.4) is 0 Å². The SMILES string of the molecule is CC(C)C(=O)Nc1ccc(S(=O)(=O)N2CCCC[C@@H]2C)cc1. The van der Waals surface area contributed by atoms with E-state index in [1.165, 1.54) is 0 Å². The van der Waals surface area contributed by atoms with Crippen LogP contribution in [0.15, 0.2) is 29.2 Å². The summed E-state index contributed by atoms with van der Waals surface area (Å²) in [7, 11) is -3.45. The summed E-state index contributed by atoms with van der Waals surface area (Å²) in [5.41, 5.74) is 0.615. The zero-order valence-corrected chi connectivity index (χ0v) is 14.2. The Kier molecular flexibility index (Phi) is 5.24. The standard InChI is InChI=1S/C16H24N2O3S/c1-12(2)16(19)17-14-7-9-15(10-8-14)22(20,21)18-11-5-4-6-13(18)3/h7-10,12-13H,4-6,11H2,1-3H3,(H,17,19)/t13-/m0/s1. The highest BCUT2D eigenvalue weighted by atomic mass is 32.2. The number of anilines is 1. The van der Waals surface area contributed by atoms with Crippen LogP contribution in [0.2, 0.25) is 0 Å². The first-order valence-electron chi connectivity index (χ1n) is 7.75. The molecule has 0 radical (unpaired) electrons. The fourth-order valence-electron chi connectivity index (χ4n) is 2.56. The van der Waals surface area contributed by atoms with Gasteiger partial charge in [0.2, 0.25) is 15.9 Å². The van der Waals surface area contributed by atoms with E-state index in [2.05, 4.69) is 5.32 Å². The lowest BCUT2D eigenvalue weighted by atomic mass is 10.1. The summed E-state index contributed by atoms with van der Waals surface area (Å²) in [6, 6.07) is 6.45. The molecular weight excluding hydrogens is 300 g/mol. The summed E-state index contributed by atoms with van der Waals surface area (Å²) < 4.78 is 26.9. The lowest BCUT2D eigenvalue weighted by molar-refractivity contribution is -0.118. The summed E-state index contributed by atoms with van der Waals surface area (Å²) in [6.07, 6.45) is 2.89. The van der Waals surface area contributed by atoms with E-state index in [-0.39, 0.29) is 22.8 Å². The molecule has 22 heavy (non-hydrogen) atoms. The second kappa shape index (κ2) is 6.79. The van der Waals surface area contributed by atoms with Gasteiger partial charge in [-0.15, -0.1) is 0 Å². The molecule has 0 saturated carbocycles. The minimum atomic E-state index is -3.45. The quantitative estimate of drug-likeness (QED) is 0.926. The topological polar surface area (TPSA) is 66.5 Å². The number of carbonyl (C=O) groups is 1. The Morgan fingerprint density at radius 2 is 1.86 bits per heavy atom. The summed E-state index contributed by atoms with van der Waals surface area (Å²) in [6.45, 7) is 6.15. The molecule has 1 aromatic rings. The molecule has 1 aromatic carbocycles. The highest BCUT2D eigenvalue weighted by molar-refractivity contribution is 7.89. The predicted molar refractivity (Wildman–Crippen MR) is 87.1 cm³/mol. The molecule has 0 unspecified atom stereocenters. The molecule has 0 aromatic heterocycles. The Hall–Kier alpha value is -1.40. The Labute approximate surface area is 132 Å². The monoisotopic (exact) mass is 324 g/mol. The first-order chi connectivity index (χ1) is 10.3. The molecule has 0 spiro atoms. The number of nitrogens with one attached hydrogen (secondary N) is 1. The lowest BCUT2D eigenvalue weighted by Crippen LogP contribution is -2.41. The number of hydrogen-bond acceptors (Lipinski definition) is 3. The van der Waals surface area contributed by atoms with Crippen molar-refractivity contribution in [2.75, 3.05) is 11.9 Å². The molecule has 1 amide bonds. The van der Waals surface area contributed by atoms with Crippen molar-refractivity contribution in [1.82, 2.24) is 4.31 Å². The zero-order chi connectivity index (χ0) is 16.3. The molecule has 1 aliphatic rings. The number of hydrogen-bond donors (Lipinski definition) is 1. The first kappa shape index (κ1) is 17.0. The molecule has 122 valence electrons. The second-order valence-electron chi connectivity index (χ2n) is 6.13. The van der Waals surface area contributed by atoms with Gasteiger partial charge in [0.1, 0.15) is 0 Å². The van der Waals surface area contributed by atoms with Crippen molar-refractivity contribution >= 4 is 21.6 Å². The van der Waals surface area contributed by atoms with Gasteiger partial charge in [0.05, 0.1) is 4.90 Å². The first-order valence-corrected chi connectivity index (χ1v) is 9.19. The number of carbonyl (C=O) groups excluding carboxylic acids is 1. The molecular formula is C16H24N2O3S. The van der Waals surface area contributed by atoms with Gasteiger partial charge in [-0.05, 0) is 44.0 Å². The van der Waals surface area contributed by atoms with Crippen molar-refractivity contribution in [2.24, 2.45) is 5.92 Å². The highest BCUT2D eigenvalue weighted by Gasteiger charge is 2.30. The van der Waals surface area contributed by atoms with Crippen molar-refractivity contribution in [1.29, 1.82) is 0 Å². The number of nitrogens with zero attached hydrogens (tertiary/aromatic N) is 1. The third-order valence-electron chi connectivity index (χ3n) is 3.99. The molecule has 2 rings (SSSR count). The predicted octanol–water partition coefficient (Wildman–Crippen LogP) is 2.84. The van der Waals surface area contributed by atoms with Crippen LogP contribution < -0.4 is 5.32 Å². The lowest BCUT2D eigenvalue weighted by Gasteiger charge is -2.32. The molecule has 0 aliphatic carbocycles. The van der Waals surface area contributed by atoms with E-state index in [1.807, 2.05) is 20.8 Å². The third-order valence-corrected chi connectivity index (χ3v) is 6.02. The number of benzene rings is 1. The molecule has 1 fully saturated rings. The third kappa shape index (κ3) is 3.67. The number of amides is 1. The van der Waals surface area contributed by atoms with Crippen LogP contribution in [-0.2, 0) is 14.8 Å². The molecule has 6 heteroatoms.